The van der Waals surface area contributed by atoms with Crippen LogP contribution in [0.1, 0.15) is 18.4 Å². The van der Waals surface area contributed by atoms with Crippen LogP contribution in [0, 0.1) is 12.3 Å². The lowest BCUT2D eigenvalue weighted by Crippen LogP contribution is -2.35. The Morgan fingerprint density at radius 3 is 2.81 bits per heavy atom. The second-order valence-corrected chi connectivity index (χ2v) is 4.53. The van der Waals surface area contributed by atoms with Gasteiger partial charge in [0.15, 0.2) is 0 Å². The van der Waals surface area contributed by atoms with E-state index in [9.17, 15) is 4.79 Å². The number of carbonyl (C=O) groups is 1. The van der Waals surface area contributed by atoms with Gasteiger partial charge in [-0.25, -0.2) is 0 Å². The third-order valence-corrected chi connectivity index (χ3v) is 3.33. The Hall–Kier alpha value is -1.49. The molecule has 84 valence electrons. The summed E-state index contributed by atoms with van der Waals surface area (Å²) in [6.45, 7) is 1.91. The smallest absolute Gasteiger partial charge is 0.237 e. The monoisotopic (exact) mass is 235 g/mol. The minimum atomic E-state index is -0.613. The highest BCUT2D eigenvalue weighted by molar-refractivity contribution is 7.80. The molecular weight excluding hydrogens is 222 g/mol. The molecule has 0 spiro atoms. The molecule has 16 heavy (non-hydrogen) atoms. The Balaban J connectivity index is 2.15. The fraction of sp³-hybridized carbons (Fsp3) is 0.364. The average Bonchev–Trinajstić information content (AvgIpc) is 3.02. The lowest BCUT2D eigenvalue weighted by atomic mass is 10.1. The molecule has 5 heteroatoms. The zero-order valence-corrected chi connectivity index (χ0v) is 9.80. The van der Waals surface area contributed by atoms with Gasteiger partial charge in [-0.3, -0.25) is 9.78 Å². The van der Waals surface area contributed by atoms with Crippen LogP contribution in [0.2, 0.25) is 0 Å². The summed E-state index contributed by atoms with van der Waals surface area (Å²) in [5.41, 5.74) is 6.66. The number of amides is 1. The molecule has 1 aliphatic carbocycles. The molecule has 2 rings (SSSR count). The summed E-state index contributed by atoms with van der Waals surface area (Å²) in [6.07, 6.45) is 4.80. The van der Waals surface area contributed by atoms with Crippen molar-refractivity contribution in [2.75, 3.05) is 5.32 Å². The van der Waals surface area contributed by atoms with Gasteiger partial charge in [0.05, 0.1) is 22.3 Å². The predicted molar refractivity (Wildman–Crippen MR) is 66.1 cm³/mol. The molecule has 0 aromatic carbocycles. The zero-order chi connectivity index (χ0) is 11.8. The van der Waals surface area contributed by atoms with E-state index in [1.54, 1.807) is 12.4 Å². The summed E-state index contributed by atoms with van der Waals surface area (Å²) in [5, 5.41) is 2.83. The van der Waals surface area contributed by atoms with Gasteiger partial charge in [0, 0.05) is 6.20 Å². The van der Waals surface area contributed by atoms with Crippen molar-refractivity contribution in [3.63, 3.8) is 0 Å². The summed E-state index contributed by atoms with van der Waals surface area (Å²) < 4.78 is 0. The van der Waals surface area contributed by atoms with Gasteiger partial charge in [-0.2, -0.15) is 0 Å². The Bertz CT molecular complexity index is 454. The van der Waals surface area contributed by atoms with Crippen molar-refractivity contribution in [2.45, 2.75) is 19.8 Å². The van der Waals surface area contributed by atoms with E-state index in [1.165, 1.54) is 0 Å². The van der Waals surface area contributed by atoms with Crippen LogP contribution in [0.15, 0.2) is 18.5 Å². The molecule has 0 saturated heterocycles. The van der Waals surface area contributed by atoms with Crippen molar-refractivity contribution < 1.29 is 4.79 Å². The van der Waals surface area contributed by atoms with Crippen molar-refractivity contribution in [3.05, 3.63) is 24.0 Å². The van der Waals surface area contributed by atoms with E-state index in [0.717, 1.165) is 24.1 Å². The first-order chi connectivity index (χ1) is 7.56. The SMILES string of the molecule is Cc1ccncc1NC(=O)C1(C(N)=S)CC1. The van der Waals surface area contributed by atoms with Gasteiger partial charge >= 0.3 is 0 Å². The van der Waals surface area contributed by atoms with Crippen LogP contribution >= 0.6 is 12.2 Å². The summed E-state index contributed by atoms with van der Waals surface area (Å²) in [7, 11) is 0. The van der Waals surface area contributed by atoms with Crippen LogP contribution in [-0.4, -0.2) is 15.9 Å². The highest BCUT2D eigenvalue weighted by atomic mass is 32.1. The van der Waals surface area contributed by atoms with Crippen molar-refractivity contribution in [1.29, 1.82) is 0 Å². The van der Waals surface area contributed by atoms with Gasteiger partial charge in [0.25, 0.3) is 0 Å². The normalized spacial score (nSPS) is 16.6. The number of rotatable bonds is 3. The molecule has 4 nitrogen and oxygen atoms in total. The summed E-state index contributed by atoms with van der Waals surface area (Å²) in [5.74, 6) is -0.115. The molecule has 1 aromatic heterocycles. The van der Waals surface area contributed by atoms with Gasteiger partial charge < -0.3 is 11.1 Å². The molecule has 0 radical (unpaired) electrons. The number of anilines is 1. The maximum atomic E-state index is 12.0. The molecule has 1 fully saturated rings. The predicted octanol–water partition coefficient (Wildman–Crippen LogP) is 1.39. The zero-order valence-electron chi connectivity index (χ0n) is 8.99. The number of carbonyl (C=O) groups excluding carboxylic acids is 1. The van der Waals surface area contributed by atoms with Gasteiger partial charge in [-0.05, 0) is 31.4 Å². The van der Waals surface area contributed by atoms with Gasteiger partial charge in [-0.1, -0.05) is 12.2 Å². The number of aryl methyl sites for hydroxylation is 1. The first-order valence-corrected chi connectivity index (χ1v) is 5.49. The summed E-state index contributed by atoms with van der Waals surface area (Å²) >= 11 is 4.92. The van der Waals surface area contributed by atoms with E-state index < -0.39 is 5.41 Å². The lowest BCUT2D eigenvalue weighted by Gasteiger charge is -2.14. The molecule has 1 amide bonds. The van der Waals surface area contributed by atoms with Crippen LogP contribution in [0.25, 0.3) is 0 Å². The number of nitrogens with one attached hydrogen (secondary N) is 1. The Kier molecular flexibility index (Phi) is 2.63. The van der Waals surface area contributed by atoms with E-state index in [1.807, 2.05) is 13.0 Å². The molecule has 0 bridgehead atoms. The Morgan fingerprint density at radius 1 is 1.62 bits per heavy atom. The van der Waals surface area contributed by atoms with E-state index in [2.05, 4.69) is 10.3 Å². The van der Waals surface area contributed by atoms with Crippen molar-refractivity contribution in [2.24, 2.45) is 11.1 Å². The molecule has 3 N–H and O–H groups in total. The number of thiocarbonyl (C=S) groups is 1. The maximum Gasteiger partial charge on any atom is 0.237 e. The van der Waals surface area contributed by atoms with Gasteiger partial charge in [0.1, 0.15) is 0 Å². The van der Waals surface area contributed by atoms with Crippen molar-refractivity contribution >= 4 is 28.8 Å². The third kappa shape index (κ3) is 1.78. The number of hydrogen-bond donors (Lipinski definition) is 2. The summed E-state index contributed by atoms with van der Waals surface area (Å²) in [4.78, 5) is 16.2. The van der Waals surface area contributed by atoms with Crippen LogP contribution < -0.4 is 11.1 Å². The minimum Gasteiger partial charge on any atom is -0.392 e. The lowest BCUT2D eigenvalue weighted by molar-refractivity contribution is -0.118. The van der Waals surface area contributed by atoms with E-state index >= 15 is 0 Å². The maximum absolute atomic E-state index is 12.0. The topological polar surface area (TPSA) is 68.0 Å². The fourth-order valence-corrected chi connectivity index (χ4v) is 1.84. The van der Waals surface area contributed by atoms with Crippen LogP contribution in [0.4, 0.5) is 5.69 Å². The average molecular weight is 235 g/mol. The number of nitrogens with zero attached hydrogens (tertiary/aromatic N) is 1. The fourth-order valence-electron chi connectivity index (χ4n) is 1.55. The number of hydrogen-bond acceptors (Lipinski definition) is 3. The first kappa shape index (κ1) is 11.0. The van der Waals surface area contributed by atoms with Crippen LogP contribution in [0.3, 0.4) is 0 Å². The number of nitrogens with two attached hydrogens (primary N) is 1. The molecule has 0 unspecified atom stereocenters. The van der Waals surface area contributed by atoms with E-state index in [-0.39, 0.29) is 10.9 Å². The molecule has 1 heterocycles. The van der Waals surface area contributed by atoms with E-state index in [4.69, 9.17) is 18.0 Å². The molecular formula is C11H13N3OS. The standard InChI is InChI=1S/C11H13N3OS/c1-7-2-5-13-6-8(7)14-10(15)11(3-4-11)9(12)16/h2,5-6H,3-4H2,1H3,(H2,12,16)(H,14,15). The highest BCUT2D eigenvalue weighted by Gasteiger charge is 2.52. The first-order valence-electron chi connectivity index (χ1n) is 5.08. The second kappa shape index (κ2) is 3.83. The van der Waals surface area contributed by atoms with Crippen LogP contribution in [-0.2, 0) is 4.79 Å². The van der Waals surface area contributed by atoms with Crippen molar-refractivity contribution in [1.82, 2.24) is 4.98 Å². The van der Waals surface area contributed by atoms with Crippen LogP contribution in [0.5, 0.6) is 0 Å². The van der Waals surface area contributed by atoms with Gasteiger partial charge in [-0.15, -0.1) is 0 Å². The molecule has 1 aliphatic rings. The summed E-state index contributed by atoms with van der Waals surface area (Å²) in [6, 6.07) is 1.84. The Labute approximate surface area is 99.2 Å². The minimum absolute atomic E-state index is 0.115. The number of aromatic nitrogens is 1. The third-order valence-electron chi connectivity index (χ3n) is 2.94. The highest BCUT2D eigenvalue weighted by Crippen LogP contribution is 2.46. The van der Waals surface area contributed by atoms with Crippen molar-refractivity contribution in [3.8, 4) is 0 Å². The molecule has 1 saturated carbocycles. The van der Waals surface area contributed by atoms with E-state index in [0.29, 0.717) is 0 Å². The quantitative estimate of drug-likeness (QED) is 0.777. The number of pyridine rings is 1. The molecule has 0 aliphatic heterocycles. The molecule has 1 aromatic rings. The molecule has 0 atom stereocenters. The Morgan fingerprint density at radius 2 is 2.31 bits per heavy atom. The van der Waals surface area contributed by atoms with Gasteiger partial charge in [0.2, 0.25) is 5.91 Å². The largest absolute Gasteiger partial charge is 0.392 e. The second-order valence-electron chi connectivity index (χ2n) is 4.09.